The summed E-state index contributed by atoms with van der Waals surface area (Å²) < 4.78 is 5.77. The molecule has 0 aliphatic heterocycles. The standard InChI is InChI=1S/C10H21NO/c1-2-12-10(9-11)7-5-3-4-6-8-10/h2-9,11H2,1H3. The zero-order chi connectivity index (χ0) is 8.86. The van der Waals surface area contributed by atoms with Crippen molar-refractivity contribution in [3.63, 3.8) is 0 Å². The smallest absolute Gasteiger partial charge is 0.0804 e. The van der Waals surface area contributed by atoms with Gasteiger partial charge in [-0.3, -0.25) is 0 Å². The molecule has 0 atom stereocenters. The van der Waals surface area contributed by atoms with Crippen LogP contribution in [0.3, 0.4) is 0 Å². The molecular formula is C10H21NO. The van der Waals surface area contributed by atoms with Crippen molar-refractivity contribution in [1.82, 2.24) is 0 Å². The summed E-state index contributed by atoms with van der Waals surface area (Å²) in [7, 11) is 0. The summed E-state index contributed by atoms with van der Waals surface area (Å²) in [6.45, 7) is 3.56. The predicted octanol–water partition coefficient (Wildman–Crippen LogP) is 2.07. The summed E-state index contributed by atoms with van der Waals surface area (Å²) in [4.78, 5) is 0. The van der Waals surface area contributed by atoms with Crippen LogP contribution in [0.25, 0.3) is 0 Å². The van der Waals surface area contributed by atoms with Crippen molar-refractivity contribution in [3.05, 3.63) is 0 Å². The number of hydrogen-bond acceptors (Lipinski definition) is 2. The van der Waals surface area contributed by atoms with Crippen LogP contribution in [0, 0.1) is 0 Å². The fraction of sp³-hybridized carbons (Fsp3) is 1.00. The van der Waals surface area contributed by atoms with E-state index in [-0.39, 0.29) is 5.60 Å². The Bertz CT molecular complexity index is 117. The molecule has 0 aromatic rings. The Morgan fingerprint density at radius 2 is 1.75 bits per heavy atom. The lowest BCUT2D eigenvalue weighted by Gasteiger charge is -2.31. The van der Waals surface area contributed by atoms with Gasteiger partial charge in [-0.15, -0.1) is 0 Å². The van der Waals surface area contributed by atoms with E-state index in [0.717, 1.165) is 19.4 Å². The molecule has 0 unspecified atom stereocenters. The molecule has 12 heavy (non-hydrogen) atoms. The first-order valence-electron chi connectivity index (χ1n) is 5.17. The number of rotatable bonds is 3. The summed E-state index contributed by atoms with van der Waals surface area (Å²) in [5, 5.41) is 0. The molecule has 2 N–H and O–H groups in total. The maximum atomic E-state index is 5.77. The number of ether oxygens (including phenoxy) is 1. The second kappa shape index (κ2) is 4.83. The molecule has 1 aliphatic carbocycles. The molecule has 0 aromatic carbocycles. The van der Waals surface area contributed by atoms with Crippen molar-refractivity contribution in [1.29, 1.82) is 0 Å². The highest BCUT2D eigenvalue weighted by molar-refractivity contribution is 4.83. The highest BCUT2D eigenvalue weighted by Crippen LogP contribution is 2.29. The van der Waals surface area contributed by atoms with Crippen LogP contribution in [0.5, 0.6) is 0 Å². The molecule has 0 bridgehead atoms. The van der Waals surface area contributed by atoms with Crippen LogP contribution in [0.4, 0.5) is 0 Å². The molecule has 1 saturated carbocycles. The molecule has 0 amide bonds. The van der Waals surface area contributed by atoms with Crippen molar-refractivity contribution in [2.24, 2.45) is 5.73 Å². The SMILES string of the molecule is CCOC1(CN)CCCCCC1. The summed E-state index contributed by atoms with van der Waals surface area (Å²) in [5.74, 6) is 0. The molecular weight excluding hydrogens is 150 g/mol. The molecule has 2 nitrogen and oxygen atoms in total. The Morgan fingerprint density at radius 1 is 1.17 bits per heavy atom. The second-order valence-electron chi connectivity index (χ2n) is 3.73. The molecule has 1 aliphatic rings. The van der Waals surface area contributed by atoms with Gasteiger partial charge in [-0.25, -0.2) is 0 Å². The monoisotopic (exact) mass is 171 g/mol. The quantitative estimate of drug-likeness (QED) is 0.660. The topological polar surface area (TPSA) is 35.2 Å². The van der Waals surface area contributed by atoms with Crippen LogP contribution >= 0.6 is 0 Å². The van der Waals surface area contributed by atoms with Gasteiger partial charge in [0.1, 0.15) is 0 Å². The predicted molar refractivity (Wildman–Crippen MR) is 51.1 cm³/mol. The maximum Gasteiger partial charge on any atom is 0.0804 e. The summed E-state index contributed by atoms with van der Waals surface area (Å²) >= 11 is 0. The van der Waals surface area contributed by atoms with Gasteiger partial charge < -0.3 is 10.5 Å². The van der Waals surface area contributed by atoms with E-state index in [1.807, 2.05) is 0 Å². The van der Waals surface area contributed by atoms with Gasteiger partial charge in [0, 0.05) is 13.2 Å². The minimum Gasteiger partial charge on any atom is -0.374 e. The lowest BCUT2D eigenvalue weighted by atomic mass is 9.94. The first kappa shape index (κ1) is 10.0. The highest BCUT2D eigenvalue weighted by Gasteiger charge is 2.29. The zero-order valence-corrected chi connectivity index (χ0v) is 8.14. The Hall–Kier alpha value is -0.0800. The van der Waals surface area contributed by atoms with Crippen LogP contribution in [0.2, 0.25) is 0 Å². The molecule has 1 rings (SSSR count). The average Bonchev–Trinajstić information content (AvgIpc) is 2.32. The van der Waals surface area contributed by atoms with Gasteiger partial charge >= 0.3 is 0 Å². The van der Waals surface area contributed by atoms with Crippen molar-refractivity contribution < 1.29 is 4.74 Å². The highest BCUT2D eigenvalue weighted by atomic mass is 16.5. The third kappa shape index (κ3) is 2.46. The number of nitrogens with two attached hydrogens (primary N) is 1. The minimum absolute atomic E-state index is 0.0330. The average molecular weight is 171 g/mol. The van der Waals surface area contributed by atoms with Crippen molar-refractivity contribution in [3.8, 4) is 0 Å². The molecule has 0 saturated heterocycles. The van der Waals surface area contributed by atoms with E-state index >= 15 is 0 Å². The summed E-state index contributed by atoms with van der Waals surface area (Å²) in [6, 6.07) is 0. The molecule has 0 aromatic heterocycles. The van der Waals surface area contributed by atoms with Crippen molar-refractivity contribution >= 4 is 0 Å². The zero-order valence-electron chi connectivity index (χ0n) is 8.14. The van der Waals surface area contributed by atoms with E-state index in [0.29, 0.717) is 6.54 Å². The van der Waals surface area contributed by atoms with E-state index in [4.69, 9.17) is 10.5 Å². The van der Waals surface area contributed by atoms with Crippen molar-refractivity contribution in [2.45, 2.75) is 51.0 Å². The third-order valence-electron chi connectivity index (χ3n) is 2.84. The van der Waals surface area contributed by atoms with Gasteiger partial charge in [0.25, 0.3) is 0 Å². The lowest BCUT2D eigenvalue weighted by Crippen LogP contribution is -2.40. The van der Waals surface area contributed by atoms with E-state index in [1.165, 1.54) is 25.7 Å². The molecule has 0 heterocycles. The lowest BCUT2D eigenvalue weighted by molar-refractivity contribution is -0.0429. The molecule has 0 spiro atoms. The Balaban J connectivity index is 2.48. The Labute approximate surface area is 75.5 Å². The maximum absolute atomic E-state index is 5.77. The molecule has 1 fully saturated rings. The molecule has 2 heteroatoms. The largest absolute Gasteiger partial charge is 0.374 e. The fourth-order valence-corrected chi connectivity index (χ4v) is 2.09. The van der Waals surface area contributed by atoms with Gasteiger partial charge in [0.2, 0.25) is 0 Å². The van der Waals surface area contributed by atoms with Gasteiger partial charge in [-0.05, 0) is 19.8 Å². The normalized spacial score (nSPS) is 23.5. The van der Waals surface area contributed by atoms with Crippen LogP contribution in [-0.2, 0) is 4.74 Å². The van der Waals surface area contributed by atoms with Gasteiger partial charge in [-0.1, -0.05) is 25.7 Å². The minimum atomic E-state index is 0.0330. The van der Waals surface area contributed by atoms with Gasteiger partial charge in [-0.2, -0.15) is 0 Å². The molecule has 0 radical (unpaired) electrons. The third-order valence-corrected chi connectivity index (χ3v) is 2.84. The van der Waals surface area contributed by atoms with Crippen LogP contribution < -0.4 is 5.73 Å². The van der Waals surface area contributed by atoms with E-state index in [9.17, 15) is 0 Å². The molecule has 72 valence electrons. The fourth-order valence-electron chi connectivity index (χ4n) is 2.09. The second-order valence-corrected chi connectivity index (χ2v) is 3.73. The summed E-state index contributed by atoms with van der Waals surface area (Å²) in [5.41, 5.74) is 5.80. The van der Waals surface area contributed by atoms with E-state index in [1.54, 1.807) is 0 Å². The van der Waals surface area contributed by atoms with E-state index in [2.05, 4.69) is 6.92 Å². The van der Waals surface area contributed by atoms with Gasteiger partial charge in [0.05, 0.1) is 5.60 Å². The van der Waals surface area contributed by atoms with Gasteiger partial charge in [0.15, 0.2) is 0 Å². The Morgan fingerprint density at radius 3 is 2.17 bits per heavy atom. The Kier molecular flexibility index (Phi) is 4.02. The van der Waals surface area contributed by atoms with E-state index < -0.39 is 0 Å². The van der Waals surface area contributed by atoms with Crippen LogP contribution in [-0.4, -0.2) is 18.8 Å². The first-order valence-corrected chi connectivity index (χ1v) is 5.17. The summed E-state index contributed by atoms with van der Waals surface area (Å²) in [6.07, 6.45) is 7.62. The van der Waals surface area contributed by atoms with Crippen molar-refractivity contribution in [2.75, 3.05) is 13.2 Å². The first-order chi connectivity index (χ1) is 5.83. The van der Waals surface area contributed by atoms with Crippen LogP contribution in [0.15, 0.2) is 0 Å². The number of hydrogen-bond donors (Lipinski definition) is 1. The van der Waals surface area contributed by atoms with Crippen LogP contribution in [0.1, 0.15) is 45.4 Å².